The van der Waals surface area contributed by atoms with E-state index >= 15 is 0 Å². The molecule has 0 fully saturated rings. The fourth-order valence-electron chi connectivity index (χ4n) is 2.63. The van der Waals surface area contributed by atoms with Gasteiger partial charge in [-0.1, -0.05) is 18.2 Å². The first-order valence-corrected chi connectivity index (χ1v) is 8.23. The van der Waals surface area contributed by atoms with Gasteiger partial charge in [0.15, 0.2) is 23.1 Å². The van der Waals surface area contributed by atoms with E-state index in [2.05, 4.69) is 36.4 Å². The first-order valence-electron chi connectivity index (χ1n) is 8.23. The molecular weight excluding hydrogens is 358 g/mol. The summed E-state index contributed by atoms with van der Waals surface area (Å²) in [4.78, 5) is 16.1. The van der Waals surface area contributed by atoms with Crippen LogP contribution in [0.25, 0.3) is 16.7 Å². The number of nitriles is 1. The van der Waals surface area contributed by atoms with Crippen molar-refractivity contribution in [2.24, 2.45) is 0 Å². The average Bonchev–Trinajstić information content (AvgIpc) is 3.15. The van der Waals surface area contributed by atoms with Crippen LogP contribution in [-0.2, 0) is 4.74 Å². The highest BCUT2D eigenvalue weighted by Crippen LogP contribution is 2.23. The molecule has 4 aromatic rings. The lowest BCUT2D eigenvalue weighted by Crippen LogP contribution is -2.09. The van der Waals surface area contributed by atoms with Gasteiger partial charge in [-0.2, -0.15) is 15.0 Å². The lowest BCUT2D eigenvalue weighted by Gasteiger charge is -2.10. The van der Waals surface area contributed by atoms with Crippen molar-refractivity contribution in [2.45, 2.75) is 0 Å². The fourth-order valence-corrected chi connectivity index (χ4v) is 2.63. The largest absolute Gasteiger partial charge is 0.464 e. The average molecular weight is 371 g/mol. The standard InChI is InChI=1S/C19H13N7O2/c1-28-19(27)15-7-8-16(25-24-15)23-18-13(10-20)11-21-26(18)17-9-6-12-4-2-3-5-14(12)22-17/h2-9,11H,1H3,(H,23,25). The van der Waals surface area contributed by atoms with E-state index in [1.165, 1.54) is 24.1 Å². The molecule has 0 atom stereocenters. The number of esters is 1. The Kier molecular flexibility index (Phi) is 4.35. The van der Waals surface area contributed by atoms with Gasteiger partial charge in [-0.3, -0.25) is 0 Å². The van der Waals surface area contributed by atoms with Crippen molar-refractivity contribution in [3.8, 4) is 11.9 Å². The minimum atomic E-state index is -0.581. The number of carbonyl (C=O) groups is 1. The quantitative estimate of drug-likeness (QED) is 0.544. The van der Waals surface area contributed by atoms with Crippen LogP contribution in [-0.4, -0.2) is 38.0 Å². The van der Waals surface area contributed by atoms with E-state index in [0.29, 0.717) is 23.0 Å². The van der Waals surface area contributed by atoms with Crippen LogP contribution in [0.5, 0.6) is 0 Å². The number of anilines is 2. The van der Waals surface area contributed by atoms with Crippen molar-refractivity contribution in [1.82, 2.24) is 25.0 Å². The molecule has 0 amide bonds. The lowest BCUT2D eigenvalue weighted by molar-refractivity contribution is 0.0593. The van der Waals surface area contributed by atoms with Gasteiger partial charge < -0.3 is 10.1 Å². The van der Waals surface area contributed by atoms with E-state index in [0.717, 1.165) is 10.9 Å². The SMILES string of the molecule is COC(=O)c1ccc(Nc2c(C#N)cnn2-c2ccc3ccccc3n2)nn1. The molecule has 0 radical (unpaired) electrons. The van der Waals surface area contributed by atoms with Gasteiger partial charge in [-0.25, -0.2) is 9.78 Å². The predicted octanol–water partition coefficient (Wildman–Crippen LogP) is 2.61. The van der Waals surface area contributed by atoms with Crippen molar-refractivity contribution in [2.75, 3.05) is 12.4 Å². The number of carbonyl (C=O) groups excluding carboxylic acids is 1. The molecule has 3 heterocycles. The summed E-state index contributed by atoms with van der Waals surface area (Å²) >= 11 is 0. The summed E-state index contributed by atoms with van der Waals surface area (Å²) in [5, 5.41) is 25.5. The Morgan fingerprint density at radius 1 is 1.14 bits per heavy atom. The molecule has 0 saturated carbocycles. The van der Waals surface area contributed by atoms with Gasteiger partial charge in [-0.15, -0.1) is 10.2 Å². The number of methoxy groups -OCH3 is 1. The van der Waals surface area contributed by atoms with Crippen molar-refractivity contribution in [3.63, 3.8) is 0 Å². The molecule has 9 heteroatoms. The summed E-state index contributed by atoms with van der Waals surface area (Å²) in [5.41, 5.74) is 1.20. The van der Waals surface area contributed by atoms with Crippen molar-refractivity contribution < 1.29 is 9.53 Å². The third-order valence-corrected chi connectivity index (χ3v) is 4.00. The second-order valence-corrected chi connectivity index (χ2v) is 5.71. The Morgan fingerprint density at radius 2 is 2.00 bits per heavy atom. The smallest absolute Gasteiger partial charge is 0.358 e. The molecular formula is C19H13N7O2. The number of rotatable bonds is 4. The van der Waals surface area contributed by atoms with Crippen LogP contribution in [0.1, 0.15) is 16.1 Å². The zero-order valence-electron chi connectivity index (χ0n) is 14.7. The predicted molar refractivity (Wildman–Crippen MR) is 100 cm³/mol. The summed E-state index contributed by atoms with van der Waals surface area (Å²) < 4.78 is 6.12. The van der Waals surface area contributed by atoms with Crippen molar-refractivity contribution in [3.05, 3.63) is 66.0 Å². The molecule has 4 rings (SSSR count). The number of aromatic nitrogens is 5. The first kappa shape index (κ1) is 17.1. The molecule has 9 nitrogen and oxygen atoms in total. The molecule has 1 N–H and O–H groups in total. The number of hydrogen-bond donors (Lipinski definition) is 1. The molecule has 0 unspecified atom stereocenters. The summed E-state index contributed by atoms with van der Waals surface area (Å²) in [6, 6.07) is 16.6. The molecule has 0 spiro atoms. The van der Waals surface area contributed by atoms with Crippen LogP contribution in [0.15, 0.2) is 54.7 Å². The highest BCUT2D eigenvalue weighted by atomic mass is 16.5. The topological polar surface area (TPSA) is 119 Å². The number of nitrogens with one attached hydrogen (secondary N) is 1. The van der Waals surface area contributed by atoms with Crippen LogP contribution in [0.2, 0.25) is 0 Å². The van der Waals surface area contributed by atoms with E-state index in [1.807, 2.05) is 36.4 Å². The Bertz CT molecular complexity index is 1210. The molecule has 0 aliphatic rings. The minimum absolute atomic E-state index is 0.0817. The second-order valence-electron chi connectivity index (χ2n) is 5.71. The summed E-state index contributed by atoms with van der Waals surface area (Å²) in [6.45, 7) is 0. The normalized spacial score (nSPS) is 10.4. The van der Waals surface area contributed by atoms with Crippen molar-refractivity contribution in [1.29, 1.82) is 5.26 Å². The number of hydrogen-bond acceptors (Lipinski definition) is 8. The maximum atomic E-state index is 11.5. The van der Waals surface area contributed by atoms with Gasteiger partial charge in [0.05, 0.1) is 18.8 Å². The molecule has 0 bridgehead atoms. The van der Waals surface area contributed by atoms with Crippen LogP contribution >= 0.6 is 0 Å². The molecule has 28 heavy (non-hydrogen) atoms. The Balaban J connectivity index is 1.72. The minimum Gasteiger partial charge on any atom is -0.464 e. The van der Waals surface area contributed by atoms with Gasteiger partial charge in [0.1, 0.15) is 11.6 Å². The van der Waals surface area contributed by atoms with Crippen LogP contribution in [0.3, 0.4) is 0 Å². The van der Waals surface area contributed by atoms with Crippen LogP contribution in [0.4, 0.5) is 11.6 Å². The molecule has 1 aromatic carbocycles. The molecule has 0 aliphatic carbocycles. The number of fused-ring (bicyclic) bond motifs is 1. The summed E-state index contributed by atoms with van der Waals surface area (Å²) in [5.74, 6) is 0.695. The number of pyridine rings is 1. The summed E-state index contributed by atoms with van der Waals surface area (Å²) in [6.07, 6.45) is 1.44. The van der Waals surface area contributed by atoms with Gasteiger partial charge in [-0.05, 0) is 30.3 Å². The molecule has 0 saturated heterocycles. The van der Waals surface area contributed by atoms with E-state index in [9.17, 15) is 10.1 Å². The number of benzene rings is 1. The van der Waals surface area contributed by atoms with Gasteiger partial charge >= 0.3 is 5.97 Å². The zero-order chi connectivity index (χ0) is 19.5. The highest BCUT2D eigenvalue weighted by molar-refractivity contribution is 5.87. The van der Waals surface area contributed by atoms with E-state index in [4.69, 9.17) is 0 Å². The van der Waals surface area contributed by atoms with Crippen LogP contribution < -0.4 is 5.32 Å². The second kappa shape index (κ2) is 7.13. The summed E-state index contributed by atoms with van der Waals surface area (Å²) in [7, 11) is 1.27. The molecule has 0 aliphatic heterocycles. The third kappa shape index (κ3) is 3.10. The Hall–Kier alpha value is -4.32. The Morgan fingerprint density at radius 3 is 2.75 bits per heavy atom. The lowest BCUT2D eigenvalue weighted by atomic mass is 10.2. The molecule has 3 aromatic heterocycles. The molecule has 136 valence electrons. The van der Waals surface area contributed by atoms with E-state index < -0.39 is 5.97 Å². The highest BCUT2D eigenvalue weighted by Gasteiger charge is 2.15. The number of nitrogens with zero attached hydrogens (tertiary/aromatic N) is 6. The number of para-hydroxylation sites is 1. The first-order chi connectivity index (χ1) is 13.7. The van der Waals surface area contributed by atoms with E-state index in [-0.39, 0.29) is 5.69 Å². The third-order valence-electron chi connectivity index (χ3n) is 4.00. The Labute approximate surface area is 159 Å². The van der Waals surface area contributed by atoms with Crippen molar-refractivity contribution >= 4 is 28.5 Å². The maximum Gasteiger partial charge on any atom is 0.358 e. The monoisotopic (exact) mass is 371 g/mol. The van der Waals surface area contributed by atoms with E-state index in [1.54, 1.807) is 6.07 Å². The van der Waals surface area contributed by atoms with Gasteiger partial charge in [0.25, 0.3) is 0 Å². The number of ether oxygens (including phenoxy) is 1. The fraction of sp³-hybridized carbons (Fsp3) is 0.0526. The van der Waals surface area contributed by atoms with Crippen LogP contribution in [0, 0.1) is 11.3 Å². The van der Waals surface area contributed by atoms with Gasteiger partial charge in [0.2, 0.25) is 0 Å². The maximum absolute atomic E-state index is 11.5. The zero-order valence-corrected chi connectivity index (χ0v) is 14.7. The van der Waals surface area contributed by atoms with Gasteiger partial charge in [0, 0.05) is 5.39 Å².